The van der Waals surface area contributed by atoms with Crippen molar-refractivity contribution in [3.63, 3.8) is 0 Å². The Morgan fingerprint density at radius 2 is 1.97 bits per heavy atom. The number of hydrogen-bond donors (Lipinski definition) is 1. The van der Waals surface area contributed by atoms with Crippen LogP contribution in [0.15, 0.2) is 54.7 Å². The van der Waals surface area contributed by atoms with Gasteiger partial charge in [0.05, 0.1) is 11.6 Å². The predicted octanol–water partition coefficient (Wildman–Crippen LogP) is 3.84. The Labute approximate surface area is 168 Å². The molecule has 1 aliphatic rings. The summed E-state index contributed by atoms with van der Waals surface area (Å²) in [4.78, 5) is 19.0. The molecule has 148 valence electrons. The number of aryl methyl sites for hydroxylation is 1. The maximum Gasteiger partial charge on any atom is 0.230 e. The first-order chi connectivity index (χ1) is 14.1. The fourth-order valence-electron chi connectivity index (χ4n) is 3.50. The SMILES string of the molecule is Cc1ccnc(NC(=O)C2CCCN(c3ccc(-c4ccc(F)cc4)nn3)C2)c1. The van der Waals surface area contributed by atoms with Crippen LogP contribution in [0.4, 0.5) is 16.0 Å². The van der Waals surface area contributed by atoms with Crippen molar-refractivity contribution < 1.29 is 9.18 Å². The number of carbonyl (C=O) groups is 1. The number of aromatic nitrogens is 3. The topological polar surface area (TPSA) is 71.0 Å². The molecule has 1 fully saturated rings. The molecule has 1 N–H and O–H groups in total. The highest BCUT2D eigenvalue weighted by atomic mass is 19.1. The van der Waals surface area contributed by atoms with Crippen molar-refractivity contribution in [1.29, 1.82) is 0 Å². The highest BCUT2D eigenvalue weighted by Gasteiger charge is 2.27. The van der Waals surface area contributed by atoms with E-state index in [0.29, 0.717) is 18.1 Å². The summed E-state index contributed by atoms with van der Waals surface area (Å²) in [5, 5.41) is 11.5. The summed E-state index contributed by atoms with van der Waals surface area (Å²) in [5.41, 5.74) is 2.55. The normalized spacial score (nSPS) is 16.5. The number of hydrogen-bond acceptors (Lipinski definition) is 5. The second-order valence-electron chi connectivity index (χ2n) is 7.28. The van der Waals surface area contributed by atoms with Crippen LogP contribution in [0.3, 0.4) is 0 Å². The van der Waals surface area contributed by atoms with Crippen LogP contribution < -0.4 is 10.2 Å². The summed E-state index contributed by atoms with van der Waals surface area (Å²) in [6.45, 7) is 3.38. The van der Waals surface area contributed by atoms with Gasteiger partial charge in [0.1, 0.15) is 11.6 Å². The number of carbonyl (C=O) groups excluding carboxylic acids is 1. The minimum atomic E-state index is -0.281. The van der Waals surface area contributed by atoms with Crippen LogP contribution in [0.2, 0.25) is 0 Å². The van der Waals surface area contributed by atoms with E-state index in [4.69, 9.17) is 0 Å². The zero-order valence-corrected chi connectivity index (χ0v) is 16.2. The van der Waals surface area contributed by atoms with Crippen molar-refractivity contribution in [1.82, 2.24) is 15.2 Å². The molecule has 6 nitrogen and oxygen atoms in total. The molecule has 29 heavy (non-hydrogen) atoms. The van der Waals surface area contributed by atoms with Crippen molar-refractivity contribution in [3.05, 3.63) is 66.1 Å². The van der Waals surface area contributed by atoms with Gasteiger partial charge < -0.3 is 10.2 Å². The predicted molar refractivity (Wildman–Crippen MR) is 110 cm³/mol. The third-order valence-electron chi connectivity index (χ3n) is 5.07. The van der Waals surface area contributed by atoms with E-state index in [0.717, 1.165) is 36.3 Å². The molecule has 1 saturated heterocycles. The molecule has 2 aromatic heterocycles. The third-order valence-corrected chi connectivity index (χ3v) is 5.07. The fourth-order valence-corrected chi connectivity index (χ4v) is 3.50. The van der Waals surface area contributed by atoms with Gasteiger partial charge in [-0.3, -0.25) is 4.79 Å². The van der Waals surface area contributed by atoms with Crippen LogP contribution in [-0.4, -0.2) is 34.2 Å². The van der Waals surface area contributed by atoms with E-state index in [-0.39, 0.29) is 17.6 Å². The molecule has 1 amide bonds. The fraction of sp³-hybridized carbons (Fsp3) is 0.273. The average Bonchev–Trinajstić information content (AvgIpc) is 2.74. The van der Waals surface area contributed by atoms with Gasteiger partial charge in [-0.05, 0) is 73.9 Å². The maximum absolute atomic E-state index is 13.1. The second-order valence-corrected chi connectivity index (χ2v) is 7.28. The van der Waals surface area contributed by atoms with Gasteiger partial charge in [0.25, 0.3) is 0 Å². The first-order valence-electron chi connectivity index (χ1n) is 9.66. The number of anilines is 2. The van der Waals surface area contributed by atoms with Gasteiger partial charge in [-0.15, -0.1) is 10.2 Å². The summed E-state index contributed by atoms with van der Waals surface area (Å²) in [6.07, 6.45) is 3.42. The van der Waals surface area contributed by atoms with Gasteiger partial charge in [-0.1, -0.05) is 0 Å². The lowest BCUT2D eigenvalue weighted by Gasteiger charge is -2.32. The quantitative estimate of drug-likeness (QED) is 0.732. The van der Waals surface area contributed by atoms with Crippen LogP contribution in [-0.2, 0) is 4.79 Å². The smallest absolute Gasteiger partial charge is 0.230 e. The molecule has 0 aliphatic carbocycles. The number of pyridine rings is 1. The third kappa shape index (κ3) is 4.56. The van der Waals surface area contributed by atoms with Gasteiger partial charge in [-0.25, -0.2) is 9.37 Å². The lowest BCUT2D eigenvalue weighted by atomic mass is 9.97. The molecule has 1 unspecified atom stereocenters. The summed E-state index contributed by atoms with van der Waals surface area (Å²) in [5.74, 6) is 0.878. The molecule has 0 bridgehead atoms. The van der Waals surface area contributed by atoms with Crippen molar-refractivity contribution in [2.45, 2.75) is 19.8 Å². The Morgan fingerprint density at radius 1 is 1.14 bits per heavy atom. The molecule has 3 heterocycles. The Bertz CT molecular complexity index is 991. The molecule has 0 spiro atoms. The molecule has 1 aromatic carbocycles. The van der Waals surface area contributed by atoms with Gasteiger partial charge in [-0.2, -0.15) is 0 Å². The summed E-state index contributed by atoms with van der Waals surface area (Å²) in [6, 6.07) is 13.7. The van der Waals surface area contributed by atoms with Crippen molar-refractivity contribution in [3.8, 4) is 11.3 Å². The Kier molecular flexibility index (Phi) is 5.46. The Morgan fingerprint density at radius 3 is 2.69 bits per heavy atom. The standard InChI is InChI=1S/C22H22FN5O/c1-15-10-11-24-20(13-15)25-22(29)17-3-2-12-28(14-17)21-9-8-19(26-27-21)16-4-6-18(23)7-5-16/h4-11,13,17H,2-3,12,14H2,1H3,(H,24,25,29). The first-order valence-corrected chi connectivity index (χ1v) is 9.66. The van der Waals surface area contributed by atoms with Crippen LogP contribution in [0.5, 0.6) is 0 Å². The molecule has 0 radical (unpaired) electrons. The van der Waals surface area contributed by atoms with E-state index in [2.05, 4.69) is 25.4 Å². The van der Waals surface area contributed by atoms with E-state index in [1.54, 1.807) is 18.3 Å². The second kappa shape index (κ2) is 8.34. The highest BCUT2D eigenvalue weighted by Crippen LogP contribution is 2.24. The number of amides is 1. The zero-order chi connectivity index (χ0) is 20.2. The average molecular weight is 391 g/mol. The zero-order valence-electron chi connectivity index (χ0n) is 16.2. The van der Waals surface area contributed by atoms with E-state index in [9.17, 15) is 9.18 Å². The largest absolute Gasteiger partial charge is 0.354 e. The lowest BCUT2D eigenvalue weighted by Crippen LogP contribution is -2.41. The first kappa shape index (κ1) is 19.0. The van der Waals surface area contributed by atoms with Gasteiger partial charge >= 0.3 is 0 Å². The molecule has 4 rings (SSSR count). The minimum Gasteiger partial charge on any atom is -0.354 e. The molecule has 0 saturated carbocycles. The van der Waals surface area contributed by atoms with Crippen LogP contribution in [0.25, 0.3) is 11.3 Å². The van der Waals surface area contributed by atoms with E-state index < -0.39 is 0 Å². The molecular formula is C22H22FN5O. The Balaban J connectivity index is 1.42. The number of nitrogens with zero attached hydrogens (tertiary/aromatic N) is 4. The number of benzene rings is 1. The van der Waals surface area contributed by atoms with Crippen molar-refractivity contribution in [2.24, 2.45) is 5.92 Å². The number of nitrogens with one attached hydrogen (secondary N) is 1. The monoisotopic (exact) mass is 391 g/mol. The molecule has 1 atom stereocenters. The summed E-state index contributed by atoms with van der Waals surface area (Å²) in [7, 11) is 0. The number of rotatable bonds is 4. The maximum atomic E-state index is 13.1. The van der Waals surface area contributed by atoms with E-state index >= 15 is 0 Å². The summed E-state index contributed by atoms with van der Waals surface area (Å²) < 4.78 is 13.1. The van der Waals surface area contributed by atoms with Crippen LogP contribution in [0.1, 0.15) is 18.4 Å². The molecule has 3 aromatic rings. The number of piperidine rings is 1. The molecule has 1 aliphatic heterocycles. The van der Waals surface area contributed by atoms with Crippen LogP contribution in [0, 0.1) is 18.7 Å². The molecule has 7 heteroatoms. The van der Waals surface area contributed by atoms with Gasteiger partial charge in [0.2, 0.25) is 5.91 Å². The molecular weight excluding hydrogens is 369 g/mol. The minimum absolute atomic E-state index is 0.0244. The van der Waals surface area contributed by atoms with Gasteiger partial charge in [0.15, 0.2) is 5.82 Å². The summed E-state index contributed by atoms with van der Waals surface area (Å²) >= 11 is 0. The lowest BCUT2D eigenvalue weighted by molar-refractivity contribution is -0.120. The van der Waals surface area contributed by atoms with Crippen LogP contribution >= 0.6 is 0 Å². The Hall–Kier alpha value is -3.35. The van der Waals surface area contributed by atoms with E-state index in [1.165, 1.54) is 12.1 Å². The van der Waals surface area contributed by atoms with E-state index in [1.807, 2.05) is 31.2 Å². The highest BCUT2D eigenvalue weighted by molar-refractivity contribution is 5.92. The van der Waals surface area contributed by atoms with Crippen molar-refractivity contribution in [2.75, 3.05) is 23.3 Å². The van der Waals surface area contributed by atoms with Crippen molar-refractivity contribution >= 4 is 17.5 Å². The number of halogens is 1. The van der Waals surface area contributed by atoms with Gasteiger partial charge in [0, 0.05) is 24.8 Å².